The minimum atomic E-state index is -0.219. The van der Waals surface area contributed by atoms with Crippen molar-refractivity contribution in [2.24, 2.45) is 5.92 Å². The van der Waals surface area contributed by atoms with Crippen LogP contribution in [0.5, 0.6) is 0 Å². The van der Waals surface area contributed by atoms with E-state index in [0.717, 1.165) is 6.42 Å². The molecule has 6 nitrogen and oxygen atoms in total. The number of amides is 2. The molecule has 0 fully saturated rings. The van der Waals surface area contributed by atoms with Crippen LogP contribution in [-0.2, 0) is 14.3 Å². The number of nitrogens with one attached hydrogen (secondary N) is 1. The summed E-state index contributed by atoms with van der Waals surface area (Å²) >= 11 is 1.36. The van der Waals surface area contributed by atoms with E-state index in [1.807, 2.05) is 20.8 Å². The van der Waals surface area contributed by atoms with Crippen molar-refractivity contribution >= 4 is 28.3 Å². The fourth-order valence-corrected chi connectivity index (χ4v) is 2.43. The number of anilines is 1. The van der Waals surface area contributed by atoms with E-state index in [2.05, 4.69) is 10.3 Å². The molecule has 1 aromatic rings. The van der Waals surface area contributed by atoms with Gasteiger partial charge in [0, 0.05) is 37.8 Å². The Kier molecular flexibility index (Phi) is 8.69. The number of aromatic nitrogens is 1. The topological polar surface area (TPSA) is 71.5 Å². The predicted molar refractivity (Wildman–Crippen MR) is 87.9 cm³/mol. The van der Waals surface area contributed by atoms with Gasteiger partial charge in [-0.1, -0.05) is 13.8 Å². The first-order valence-corrected chi connectivity index (χ1v) is 8.45. The Morgan fingerprint density at radius 2 is 2.23 bits per heavy atom. The summed E-state index contributed by atoms with van der Waals surface area (Å²) in [5, 5.41) is 5.05. The molecule has 0 spiro atoms. The lowest BCUT2D eigenvalue weighted by Crippen LogP contribution is -2.39. The maximum atomic E-state index is 12.2. The first-order valence-electron chi connectivity index (χ1n) is 7.57. The van der Waals surface area contributed by atoms with Gasteiger partial charge in [0.1, 0.15) is 0 Å². The number of thiazole rings is 1. The average Bonchev–Trinajstić information content (AvgIpc) is 2.94. The molecule has 1 rings (SSSR count). The first kappa shape index (κ1) is 18.6. The van der Waals surface area contributed by atoms with E-state index >= 15 is 0 Å². The van der Waals surface area contributed by atoms with Crippen LogP contribution in [0.1, 0.15) is 33.6 Å². The van der Waals surface area contributed by atoms with Gasteiger partial charge in [0.15, 0.2) is 5.13 Å². The molecular formula is C15H25N3O3S. The van der Waals surface area contributed by atoms with Gasteiger partial charge in [0.25, 0.3) is 0 Å². The molecule has 2 amide bonds. The summed E-state index contributed by atoms with van der Waals surface area (Å²) < 4.78 is 5.29. The highest BCUT2D eigenvalue weighted by atomic mass is 32.1. The van der Waals surface area contributed by atoms with E-state index in [-0.39, 0.29) is 24.3 Å². The molecule has 0 saturated carbocycles. The minimum absolute atomic E-state index is 0.000729. The normalized spacial score (nSPS) is 10.7. The van der Waals surface area contributed by atoms with Gasteiger partial charge in [-0.25, -0.2) is 4.98 Å². The molecule has 0 aliphatic carbocycles. The molecule has 0 radical (unpaired) electrons. The number of ether oxygens (including phenoxy) is 1. The van der Waals surface area contributed by atoms with E-state index in [0.29, 0.717) is 31.3 Å². The smallest absolute Gasteiger partial charge is 0.245 e. The van der Waals surface area contributed by atoms with E-state index in [9.17, 15) is 9.59 Å². The number of carbonyl (C=O) groups is 2. The SMILES string of the molecule is CCOCCCN(CC(=O)Nc1nccs1)C(=O)CC(C)C. The van der Waals surface area contributed by atoms with Crippen molar-refractivity contribution in [1.82, 2.24) is 9.88 Å². The molecule has 7 heteroatoms. The van der Waals surface area contributed by atoms with Crippen LogP contribution in [0.3, 0.4) is 0 Å². The van der Waals surface area contributed by atoms with Gasteiger partial charge in [-0.05, 0) is 19.3 Å². The molecule has 124 valence electrons. The summed E-state index contributed by atoms with van der Waals surface area (Å²) in [6.07, 6.45) is 2.80. The third-order valence-corrected chi connectivity index (χ3v) is 3.56. The highest BCUT2D eigenvalue weighted by Gasteiger charge is 2.18. The quantitative estimate of drug-likeness (QED) is 0.670. The molecule has 0 unspecified atom stereocenters. The van der Waals surface area contributed by atoms with Gasteiger partial charge in [0.05, 0.1) is 6.54 Å². The zero-order valence-corrected chi connectivity index (χ0v) is 14.3. The van der Waals surface area contributed by atoms with Gasteiger partial charge < -0.3 is 15.0 Å². The highest BCUT2D eigenvalue weighted by Crippen LogP contribution is 2.11. The van der Waals surface area contributed by atoms with Crippen LogP contribution in [-0.4, -0.2) is 48.0 Å². The fraction of sp³-hybridized carbons (Fsp3) is 0.667. The Balaban J connectivity index is 2.51. The summed E-state index contributed by atoms with van der Waals surface area (Å²) in [6.45, 7) is 7.75. The largest absolute Gasteiger partial charge is 0.382 e. The van der Waals surface area contributed by atoms with Crippen molar-refractivity contribution in [3.8, 4) is 0 Å². The van der Waals surface area contributed by atoms with Crippen molar-refractivity contribution < 1.29 is 14.3 Å². The number of hydrogen-bond donors (Lipinski definition) is 1. The monoisotopic (exact) mass is 327 g/mol. The fourth-order valence-electron chi connectivity index (χ4n) is 1.89. The van der Waals surface area contributed by atoms with Crippen molar-refractivity contribution in [2.45, 2.75) is 33.6 Å². The summed E-state index contributed by atoms with van der Waals surface area (Å²) in [5.41, 5.74) is 0. The van der Waals surface area contributed by atoms with Gasteiger partial charge >= 0.3 is 0 Å². The molecule has 1 aromatic heterocycles. The van der Waals surface area contributed by atoms with Crippen LogP contribution in [0.2, 0.25) is 0 Å². The maximum Gasteiger partial charge on any atom is 0.245 e. The van der Waals surface area contributed by atoms with Crippen LogP contribution in [0, 0.1) is 5.92 Å². The molecule has 1 heterocycles. The Morgan fingerprint density at radius 1 is 1.45 bits per heavy atom. The Bertz CT molecular complexity index is 449. The van der Waals surface area contributed by atoms with Crippen molar-refractivity contribution in [3.05, 3.63) is 11.6 Å². The number of nitrogens with zero attached hydrogens (tertiary/aromatic N) is 2. The lowest BCUT2D eigenvalue weighted by Gasteiger charge is -2.23. The van der Waals surface area contributed by atoms with Crippen molar-refractivity contribution in [3.63, 3.8) is 0 Å². The van der Waals surface area contributed by atoms with Crippen LogP contribution in [0.15, 0.2) is 11.6 Å². The van der Waals surface area contributed by atoms with Crippen LogP contribution < -0.4 is 5.32 Å². The molecule has 0 bridgehead atoms. The Labute approximate surface area is 135 Å². The van der Waals surface area contributed by atoms with Crippen molar-refractivity contribution in [1.29, 1.82) is 0 Å². The number of hydrogen-bond acceptors (Lipinski definition) is 5. The third kappa shape index (κ3) is 7.51. The summed E-state index contributed by atoms with van der Waals surface area (Å²) in [4.78, 5) is 29.9. The Hall–Kier alpha value is -1.47. The predicted octanol–water partition coefficient (Wildman–Crippen LogP) is 2.38. The average molecular weight is 327 g/mol. The summed E-state index contributed by atoms with van der Waals surface area (Å²) in [6, 6.07) is 0. The van der Waals surface area contributed by atoms with Crippen molar-refractivity contribution in [2.75, 3.05) is 31.6 Å². The molecule has 0 aliphatic rings. The lowest BCUT2D eigenvalue weighted by molar-refractivity contribution is -0.135. The number of carbonyl (C=O) groups excluding carboxylic acids is 2. The minimum Gasteiger partial charge on any atom is -0.382 e. The molecule has 0 aromatic carbocycles. The Morgan fingerprint density at radius 3 is 2.82 bits per heavy atom. The summed E-state index contributed by atoms with van der Waals surface area (Å²) in [7, 11) is 0. The van der Waals surface area contributed by atoms with Gasteiger partial charge in [-0.15, -0.1) is 11.3 Å². The first-order chi connectivity index (χ1) is 10.5. The lowest BCUT2D eigenvalue weighted by atomic mass is 10.1. The molecular weight excluding hydrogens is 302 g/mol. The van der Waals surface area contributed by atoms with E-state index < -0.39 is 0 Å². The van der Waals surface area contributed by atoms with Crippen LogP contribution in [0.25, 0.3) is 0 Å². The highest BCUT2D eigenvalue weighted by molar-refractivity contribution is 7.13. The molecule has 0 atom stereocenters. The summed E-state index contributed by atoms with van der Waals surface area (Å²) in [5.74, 6) is 0.0492. The van der Waals surface area contributed by atoms with E-state index in [1.54, 1.807) is 16.5 Å². The standard InChI is InChI=1S/C15H25N3O3S/c1-4-21-8-5-7-18(14(20)10-12(2)3)11-13(19)17-15-16-6-9-22-15/h6,9,12H,4-5,7-8,10-11H2,1-3H3,(H,16,17,19). The number of rotatable bonds is 10. The second-order valence-corrected chi connectivity index (χ2v) is 6.24. The van der Waals surface area contributed by atoms with Gasteiger partial charge in [-0.3, -0.25) is 9.59 Å². The van der Waals surface area contributed by atoms with E-state index in [1.165, 1.54) is 11.3 Å². The van der Waals surface area contributed by atoms with Gasteiger partial charge in [0.2, 0.25) is 11.8 Å². The molecule has 0 saturated heterocycles. The van der Waals surface area contributed by atoms with E-state index in [4.69, 9.17) is 4.74 Å². The molecule has 1 N–H and O–H groups in total. The molecule has 22 heavy (non-hydrogen) atoms. The zero-order valence-electron chi connectivity index (χ0n) is 13.5. The second kappa shape index (κ2) is 10.3. The van der Waals surface area contributed by atoms with Crippen LogP contribution in [0.4, 0.5) is 5.13 Å². The van der Waals surface area contributed by atoms with Crippen LogP contribution >= 0.6 is 11.3 Å². The molecule has 0 aliphatic heterocycles. The third-order valence-electron chi connectivity index (χ3n) is 2.87. The zero-order chi connectivity index (χ0) is 16.4. The maximum absolute atomic E-state index is 12.2. The second-order valence-electron chi connectivity index (χ2n) is 5.35. The van der Waals surface area contributed by atoms with Gasteiger partial charge in [-0.2, -0.15) is 0 Å².